The lowest BCUT2D eigenvalue weighted by Crippen LogP contribution is -2.31. The molecule has 0 amide bonds. The van der Waals surface area contributed by atoms with E-state index in [0.29, 0.717) is 12.0 Å². The monoisotopic (exact) mass is 274 g/mol. The maximum atomic E-state index is 13.5. The van der Waals surface area contributed by atoms with Crippen LogP contribution in [0.3, 0.4) is 0 Å². The van der Waals surface area contributed by atoms with Crippen LogP contribution >= 0.6 is 0 Å². The molecule has 1 aliphatic rings. The lowest BCUT2D eigenvalue weighted by atomic mass is 10.2. The Morgan fingerprint density at radius 2 is 2.11 bits per heavy atom. The molecule has 1 saturated carbocycles. The second kappa shape index (κ2) is 4.88. The van der Waals surface area contributed by atoms with E-state index in [9.17, 15) is 18.4 Å². The van der Waals surface area contributed by atoms with Crippen molar-refractivity contribution < 1.29 is 13.9 Å². The van der Waals surface area contributed by atoms with Crippen LogP contribution in [0.1, 0.15) is 18.4 Å². The number of hydrogen-bond acceptors (Lipinski definition) is 3. The molecule has 1 aromatic heterocycles. The smallest absolute Gasteiger partial charge is 0.328 e. The number of H-pyrrole nitrogens is 1. The second-order valence-electron chi connectivity index (χ2n) is 4.98. The molecule has 0 unspecified atom stereocenters. The Labute approximate surface area is 107 Å². The van der Waals surface area contributed by atoms with Crippen molar-refractivity contribution in [3.8, 4) is 0 Å². The van der Waals surface area contributed by atoms with E-state index < -0.39 is 29.0 Å². The molecular formula is C12H16F2N2O3. The Hall–Kier alpha value is -1.50. The summed E-state index contributed by atoms with van der Waals surface area (Å²) in [6, 6.07) is 0. The first-order valence-corrected chi connectivity index (χ1v) is 6.17. The van der Waals surface area contributed by atoms with E-state index in [2.05, 4.69) is 4.98 Å². The van der Waals surface area contributed by atoms with Crippen molar-refractivity contribution in [2.24, 2.45) is 11.8 Å². The van der Waals surface area contributed by atoms with E-state index in [1.807, 2.05) is 0 Å². The molecule has 2 rings (SSSR count). The Balaban J connectivity index is 2.13. The van der Waals surface area contributed by atoms with E-state index in [0.717, 1.165) is 4.57 Å². The van der Waals surface area contributed by atoms with Crippen molar-refractivity contribution in [2.75, 3.05) is 6.61 Å². The van der Waals surface area contributed by atoms with Crippen LogP contribution < -0.4 is 11.2 Å². The normalized spacial score (nSPS) is 24.4. The molecule has 2 atom stereocenters. The fraction of sp³-hybridized carbons (Fsp3) is 0.667. The first kappa shape index (κ1) is 13.9. The molecule has 19 heavy (non-hydrogen) atoms. The number of aromatic amines is 1. The summed E-state index contributed by atoms with van der Waals surface area (Å²) in [6.45, 7) is 1.29. The zero-order valence-electron chi connectivity index (χ0n) is 10.5. The number of alkyl halides is 2. The van der Waals surface area contributed by atoms with Crippen LogP contribution in [0, 0.1) is 18.8 Å². The second-order valence-corrected chi connectivity index (χ2v) is 4.98. The van der Waals surface area contributed by atoms with E-state index >= 15 is 0 Å². The number of aryl methyl sites for hydroxylation is 1. The van der Waals surface area contributed by atoms with Crippen molar-refractivity contribution in [2.45, 2.75) is 32.2 Å². The summed E-state index contributed by atoms with van der Waals surface area (Å²) in [6.07, 6.45) is 1.88. The van der Waals surface area contributed by atoms with E-state index in [4.69, 9.17) is 5.11 Å². The van der Waals surface area contributed by atoms with Crippen molar-refractivity contribution in [1.29, 1.82) is 0 Å². The average Bonchev–Trinajstić information content (AvgIpc) is 2.84. The maximum absolute atomic E-state index is 13.5. The summed E-state index contributed by atoms with van der Waals surface area (Å²) < 4.78 is 28.1. The predicted octanol–water partition coefficient (Wildman–Crippen LogP) is 0.499. The van der Waals surface area contributed by atoms with Crippen molar-refractivity contribution in [3.63, 3.8) is 0 Å². The molecule has 1 fully saturated rings. The topological polar surface area (TPSA) is 75.1 Å². The molecule has 1 heterocycles. The number of hydrogen-bond donors (Lipinski definition) is 2. The molecular weight excluding hydrogens is 258 g/mol. The van der Waals surface area contributed by atoms with Crippen molar-refractivity contribution in [1.82, 2.24) is 9.55 Å². The average molecular weight is 274 g/mol. The number of aliphatic hydroxyl groups excluding tert-OH is 1. The number of nitrogens with one attached hydrogen (secondary N) is 1. The minimum atomic E-state index is -2.79. The zero-order valence-corrected chi connectivity index (χ0v) is 10.5. The van der Waals surface area contributed by atoms with E-state index in [-0.39, 0.29) is 19.6 Å². The lowest BCUT2D eigenvalue weighted by molar-refractivity contribution is 0.0787. The number of aromatic nitrogens is 2. The third-order valence-corrected chi connectivity index (χ3v) is 3.62. The molecule has 0 radical (unpaired) electrons. The van der Waals surface area contributed by atoms with Gasteiger partial charge in [0.1, 0.15) is 0 Å². The van der Waals surface area contributed by atoms with E-state index in [1.54, 1.807) is 0 Å². The molecule has 0 aromatic carbocycles. The molecule has 2 N–H and O–H groups in total. The van der Waals surface area contributed by atoms with Gasteiger partial charge >= 0.3 is 5.69 Å². The number of nitrogens with zero attached hydrogens (tertiary/aromatic N) is 1. The Kier molecular flexibility index (Phi) is 3.58. The zero-order chi connectivity index (χ0) is 14.2. The fourth-order valence-electron chi connectivity index (χ4n) is 2.38. The van der Waals surface area contributed by atoms with Crippen molar-refractivity contribution >= 4 is 0 Å². The standard InChI is InChI=1S/C12H16F2N2O3/c1-7-5-16(11(19)15-10(7)18)6-9-8(3-2-4-17)12(9,13)14/h5,8-9,17H,2-4,6H2,1H3,(H,15,18,19)/t8-,9-/m0/s1. The van der Waals surface area contributed by atoms with E-state index in [1.165, 1.54) is 13.1 Å². The molecule has 7 heteroatoms. The predicted molar refractivity (Wildman–Crippen MR) is 64.3 cm³/mol. The summed E-state index contributed by atoms with van der Waals surface area (Å²) in [4.78, 5) is 24.8. The molecule has 0 spiro atoms. The van der Waals surface area contributed by atoms with Crippen LogP contribution in [0.5, 0.6) is 0 Å². The van der Waals surface area contributed by atoms with Gasteiger partial charge in [0, 0.05) is 36.7 Å². The fourth-order valence-corrected chi connectivity index (χ4v) is 2.38. The summed E-state index contributed by atoms with van der Waals surface area (Å²) in [5.41, 5.74) is -0.852. The number of aliphatic hydroxyl groups is 1. The minimum Gasteiger partial charge on any atom is -0.396 e. The van der Waals surface area contributed by atoms with Gasteiger partial charge in [-0.05, 0) is 19.8 Å². The summed E-state index contributed by atoms with van der Waals surface area (Å²) in [7, 11) is 0. The molecule has 0 bridgehead atoms. The van der Waals surface area contributed by atoms with Crippen LogP contribution in [0.15, 0.2) is 15.8 Å². The van der Waals surface area contributed by atoms with Gasteiger partial charge in [-0.15, -0.1) is 0 Å². The van der Waals surface area contributed by atoms with Crippen LogP contribution in [0.25, 0.3) is 0 Å². The maximum Gasteiger partial charge on any atom is 0.328 e. The van der Waals surface area contributed by atoms with Gasteiger partial charge in [-0.3, -0.25) is 14.3 Å². The highest BCUT2D eigenvalue weighted by Crippen LogP contribution is 2.58. The van der Waals surface area contributed by atoms with Gasteiger partial charge in [-0.1, -0.05) is 0 Å². The van der Waals surface area contributed by atoms with Gasteiger partial charge in [0.15, 0.2) is 0 Å². The van der Waals surface area contributed by atoms with Crippen LogP contribution in [0.2, 0.25) is 0 Å². The number of rotatable bonds is 5. The highest BCUT2D eigenvalue weighted by Gasteiger charge is 2.67. The molecule has 0 aliphatic heterocycles. The first-order chi connectivity index (χ1) is 8.87. The Morgan fingerprint density at radius 3 is 2.74 bits per heavy atom. The van der Waals surface area contributed by atoms with Gasteiger partial charge in [0.2, 0.25) is 0 Å². The van der Waals surface area contributed by atoms with Gasteiger partial charge in [-0.2, -0.15) is 0 Å². The Morgan fingerprint density at radius 1 is 1.42 bits per heavy atom. The van der Waals surface area contributed by atoms with Crippen molar-refractivity contribution in [3.05, 3.63) is 32.6 Å². The highest BCUT2D eigenvalue weighted by molar-refractivity contribution is 5.07. The summed E-state index contributed by atoms with van der Waals surface area (Å²) in [5, 5.41) is 8.66. The van der Waals surface area contributed by atoms with Crippen LogP contribution in [0.4, 0.5) is 8.78 Å². The third kappa shape index (κ3) is 2.60. The SMILES string of the molecule is Cc1cn(C[C@H]2[C@H](CCCO)C2(F)F)c(=O)[nH]c1=O. The van der Waals surface area contributed by atoms with Gasteiger partial charge < -0.3 is 5.11 Å². The largest absolute Gasteiger partial charge is 0.396 e. The number of halogens is 2. The minimum absolute atomic E-state index is 0.112. The lowest BCUT2D eigenvalue weighted by Gasteiger charge is -2.04. The molecule has 1 aliphatic carbocycles. The van der Waals surface area contributed by atoms with Gasteiger partial charge in [-0.25, -0.2) is 13.6 Å². The molecule has 0 saturated heterocycles. The first-order valence-electron chi connectivity index (χ1n) is 6.17. The summed E-state index contributed by atoms with van der Waals surface area (Å²) >= 11 is 0. The summed E-state index contributed by atoms with van der Waals surface area (Å²) in [5.74, 6) is -4.49. The molecule has 5 nitrogen and oxygen atoms in total. The molecule has 1 aromatic rings. The quantitative estimate of drug-likeness (QED) is 0.821. The van der Waals surface area contributed by atoms with Crippen LogP contribution in [-0.2, 0) is 6.54 Å². The van der Waals surface area contributed by atoms with Crippen LogP contribution in [-0.4, -0.2) is 27.2 Å². The third-order valence-electron chi connectivity index (χ3n) is 3.62. The highest BCUT2D eigenvalue weighted by atomic mass is 19.3. The van der Waals surface area contributed by atoms with Gasteiger partial charge in [0.25, 0.3) is 11.5 Å². The Bertz CT molecular complexity index is 579. The van der Waals surface area contributed by atoms with Gasteiger partial charge in [0.05, 0.1) is 0 Å². The molecule has 106 valence electrons.